The van der Waals surface area contributed by atoms with Crippen molar-refractivity contribution in [1.29, 1.82) is 0 Å². The summed E-state index contributed by atoms with van der Waals surface area (Å²) in [4.78, 5) is 12.7. The Hall–Kier alpha value is -1.75. The predicted octanol–water partition coefficient (Wildman–Crippen LogP) is 1.47. The second kappa shape index (κ2) is 4.17. The summed E-state index contributed by atoms with van der Waals surface area (Å²) in [6.07, 6.45) is 1.31. The van der Waals surface area contributed by atoms with Crippen molar-refractivity contribution < 1.29 is 14.3 Å². The lowest BCUT2D eigenvalue weighted by atomic mass is 10.0. The highest BCUT2D eigenvalue weighted by Crippen LogP contribution is 2.37. The summed E-state index contributed by atoms with van der Waals surface area (Å²) in [5.41, 5.74) is 6.34. The van der Waals surface area contributed by atoms with E-state index >= 15 is 0 Å². The maximum atomic E-state index is 11.1. The van der Waals surface area contributed by atoms with Crippen molar-refractivity contribution in [2.75, 3.05) is 13.1 Å². The lowest BCUT2D eigenvalue weighted by Crippen LogP contribution is -2.53. The molecule has 1 fully saturated rings. The molecule has 0 aliphatic carbocycles. The first-order valence-electron chi connectivity index (χ1n) is 6.14. The molecule has 1 spiro atoms. The molecular weight excluding hydrogens is 232 g/mol. The van der Waals surface area contributed by atoms with Crippen LogP contribution in [0.2, 0.25) is 0 Å². The molecule has 2 aliphatic heterocycles. The Labute approximate surface area is 105 Å². The summed E-state index contributed by atoms with van der Waals surface area (Å²) >= 11 is 0. The highest BCUT2D eigenvalue weighted by atomic mass is 16.7. The second-order valence-corrected chi connectivity index (χ2v) is 4.73. The SMILES string of the molecule is NC(=O)N1CCC2(CC1)OCc1ccccc1O2. The van der Waals surface area contributed by atoms with E-state index in [0.29, 0.717) is 32.5 Å². The number of carbonyl (C=O) groups excluding carboxylic acids is 1. The third-order valence-electron chi connectivity index (χ3n) is 3.60. The van der Waals surface area contributed by atoms with Gasteiger partial charge in [0.15, 0.2) is 0 Å². The Morgan fingerprint density at radius 1 is 1.28 bits per heavy atom. The number of ether oxygens (including phenoxy) is 2. The molecule has 0 bridgehead atoms. The highest BCUT2D eigenvalue weighted by molar-refractivity contribution is 5.72. The minimum Gasteiger partial charge on any atom is -0.462 e. The van der Waals surface area contributed by atoms with Crippen LogP contribution in [-0.4, -0.2) is 29.8 Å². The molecule has 96 valence electrons. The van der Waals surface area contributed by atoms with E-state index in [4.69, 9.17) is 15.2 Å². The fourth-order valence-electron chi connectivity index (χ4n) is 2.48. The molecule has 2 heterocycles. The molecule has 0 saturated carbocycles. The fraction of sp³-hybridized carbons (Fsp3) is 0.462. The zero-order valence-corrected chi connectivity index (χ0v) is 10.1. The Morgan fingerprint density at radius 2 is 2.00 bits per heavy atom. The lowest BCUT2D eigenvalue weighted by Gasteiger charge is -2.43. The molecule has 5 nitrogen and oxygen atoms in total. The van der Waals surface area contributed by atoms with Crippen LogP contribution in [0.4, 0.5) is 4.79 Å². The molecule has 2 amide bonds. The second-order valence-electron chi connectivity index (χ2n) is 4.73. The van der Waals surface area contributed by atoms with E-state index in [1.54, 1.807) is 4.90 Å². The molecule has 18 heavy (non-hydrogen) atoms. The summed E-state index contributed by atoms with van der Waals surface area (Å²) in [5, 5.41) is 0. The third-order valence-corrected chi connectivity index (χ3v) is 3.60. The number of primary amides is 1. The summed E-state index contributed by atoms with van der Waals surface area (Å²) in [5.74, 6) is 0.302. The molecule has 3 rings (SSSR count). The van der Waals surface area contributed by atoms with Crippen molar-refractivity contribution in [3.63, 3.8) is 0 Å². The predicted molar refractivity (Wildman–Crippen MR) is 65.0 cm³/mol. The smallest absolute Gasteiger partial charge is 0.314 e. The van der Waals surface area contributed by atoms with Gasteiger partial charge in [-0.3, -0.25) is 0 Å². The van der Waals surface area contributed by atoms with Gasteiger partial charge in [-0.05, 0) is 6.07 Å². The van der Waals surface area contributed by atoms with Crippen LogP contribution in [-0.2, 0) is 11.3 Å². The van der Waals surface area contributed by atoms with E-state index in [-0.39, 0.29) is 6.03 Å². The average Bonchev–Trinajstić information content (AvgIpc) is 2.39. The van der Waals surface area contributed by atoms with Crippen molar-refractivity contribution in [1.82, 2.24) is 4.90 Å². The zero-order chi connectivity index (χ0) is 12.6. The van der Waals surface area contributed by atoms with Gasteiger partial charge < -0.3 is 20.1 Å². The average molecular weight is 248 g/mol. The van der Waals surface area contributed by atoms with Crippen LogP contribution in [0.1, 0.15) is 18.4 Å². The van der Waals surface area contributed by atoms with E-state index in [1.807, 2.05) is 24.3 Å². The number of benzene rings is 1. The fourth-order valence-corrected chi connectivity index (χ4v) is 2.48. The third kappa shape index (κ3) is 1.90. The number of fused-ring (bicyclic) bond motifs is 1. The summed E-state index contributed by atoms with van der Waals surface area (Å²) < 4.78 is 11.8. The van der Waals surface area contributed by atoms with Gasteiger partial charge in [0.1, 0.15) is 5.75 Å². The van der Waals surface area contributed by atoms with Crippen LogP contribution in [0.5, 0.6) is 5.75 Å². The molecule has 1 aromatic rings. The van der Waals surface area contributed by atoms with Crippen LogP contribution in [0, 0.1) is 0 Å². The normalized spacial score (nSPS) is 21.2. The maximum Gasteiger partial charge on any atom is 0.314 e. The molecule has 2 N–H and O–H groups in total. The quantitative estimate of drug-likeness (QED) is 0.756. The Balaban J connectivity index is 1.74. The first-order valence-corrected chi connectivity index (χ1v) is 6.14. The Bertz CT molecular complexity index is 467. The van der Waals surface area contributed by atoms with Gasteiger partial charge in [-0.25, -0.2) is 4.79 Å². The molecule has 5 heteroatoms. The molecule has 0 radical (unpaired) electrons. The summed E-state index contributed by atoms with van der Waals surface area (Å²) in [7, 11) is 0. The van der Waals surface area contributed by atoms with Crippen LogP contribution in [0.3, 0.4) is 0 Å². The van der Waals surface area contributed by atoms with Gasteiger partial charge in [-0.15, -0.1) is 0 Å². The number of likely N-dealkylation sites (tertiary alicyclic amines) is 1. The number of amides is 2. The molecule has 0 unspecified atom stereocenters. The van der Waals surface area contributed by atoms with Crippen LogP contribution >= 0.6 is 0 Å². The van der Waals surface area contributed by atoms with Crippen LogP contribution < -0.4 is 10.5 Å². The molecule has 2 aliphatic rings. The van der Waals surface area contributed by atoms with Gasteiger partial charge >= 0.3 is 6.03 Å². The monoisotopic (exact) mass is 248 g/mol. The highest BCUT2D eigenvalue weighted by Gasteiger charge is 2.41. The lowest BCUT2D eigenvalue weighted by molar-refractivity contribution is -0.225. The van der Waals surface area contributed by atoms with Gasteiger partial charge in [0.05, 0.1) is 6.61 Å². The first kappa shape index (κ1) is 11.3. The van der Waals surface area contributed by atoms with Crippen molar-refractivity contribution in [2.45, 2.75) is 25.2 Å². The van der Waals surface area contributed by atoms with Gasteiger partial charge in [-0.1, -0.05) is 18.2 Å². The minimum atomic E-state index is -0.583. The molecule has 1 aromatic carbocycles. The Morgan fingerprint density at radius 3 is 2.72 bits per heavy atom. The number of rotatable bonds is 0. The van der Waals surface area contributed by atoms with Gasteiger partial charge in [0, 0.05) is 31.5 Å². The van der Waals surface area contributed by atoms with Crippen LogP contribution in [0.15, 0.2) is 24.3 Å². The number of nitrogens with two attached hydrogens (primary N) is 1. The number of para-hydroxylation sites is 1. The van der Waals surface area contributed by atoms with E-state index in [9.17, 15) is 4.79 Å². The first-order chi connectivity index (χ1) is 8.69. The summed E-state index contributed by atoms with van der Waals surface area (Å²) in [6, 6.07) is 7.51. The van der Waals surface area contributed by atoms with Crippen molar-refractivity contribution in [2.24, 2.45) is 5.73 Å². The van der Waals surface area contributed by atoms with Crippen molar-refractivity contribution in [3.8, 4) is 5.75 Å². The number of nitrogens with zero attached hydrogens (tertiary/aromatic N) is 1. The van der Waals surface area contributed by atoms with E-state index in [1.165, 1.54) is 0 Å². The summed E-state index contributed by atoms with van der Waals surface area (Å²) in [6.45, 7) is 1.72. The number of piperidine rings is 1. The molecule has 0 atom stereocenters. The van der Waals surface area contributed by atoms with Gasteiger partial charge in [0.25, 0.3) is 0 Å². The number of hydrogen-bond donors (Lipinski definition) is 1. The minimum absolute atomic E-state index is 0.374. The van der Waals surface area contributed by atoms with E-state index < -0.39 is 5.79 Å². The molecule has 1 saturated heterocycles. The van der Waals surface area contributed by atoms with Crippen molar-refractivity contribution in [3.05, 3.63) is 29.8 Å². The standard InChI is InChI=1S/C13H16N2O3/c14-12(16)15-7-5-13(6-8-15)17-9-10-3-1-2-4-11(10)18-13/h1-4H,5-9H2,(H2,14,16). The molecular formula is C13H16N2O3. The van der Waals surface area contributed by atoms with E-state index in [0.717, 1.165) is 11.3 Å². The topological polar surface area (TPSA) is 64.8 Å². The van der Waals surface area contributed by atoms with Gasteiger partial charge in [-0.2, -0.15) is 0 Å². The van der Waals surface area contributed by atoms with Crippen molar-refractivity contribution >= 4 is 6.03 Å². The van der Waals surface area contributed by atoms with Gasteiger partial charge in [0.2, 0.25) is 5.79 Å². The Kier molecular flexibility index (Phi) is 2.63. The molecule has 0 aromatic heterocycles. The number of urea groups is 1. The van der Waals surface area contributed by atoms with Crippen LogP contribution in [0.25, 0.3) is 0 Å². The number of carbonyl (C=O) groups is 1. The van der Waals surface area contributed by atoms with E-state index in [2.05, 4.69) is 0 Å². The largest absolute Gasteiger partial charge is 0.462 e. The number of hydrogen-bond acceptors (Lipinski definition) is 3. The zero-order valence-electron chi connectivity index (χ0n) is 10.1. The maximum absolute atomic E-state index is 11.1.